The standard InChI is InChI=1S/C32H28BN2P2.C18H15P.CO.HI.Ru/c1-5-15-27(16-6-1)36(28-17-7-2-8-18-28)25-34-31-23-13-14-24-32(31)35(33-34)26-37(29-19-9-3-10-20-29)30-21-11-4-12-22-30;1-4-10-16(11-5-1)19(17-12-6-2-7-13-17)18-14-8-3-9-15-18;1-2;;/h1-24H,25-26H2;1-15H;;1H;/q;;;;+1/p-1. The van der Waals surface area contributed by atoms with E-state index in [-0.39, 0.29) is 0 Å². The summed E-state index contributed by atoms with van der Waals surface area (Å²) in [5.41, 5.74) is 2.58. The Morgan fingerprint density at radius 3 is 0.783 bits per heavy atom. The molecule has 0 saturated heterocycles. The Hall–Kier alpha value is -4.19. The molecule has 8 aromatic rings. The zero-order valence-electron chi connectivity index (χ0n) is 32.9. The van der Waals surface area contributed by atoms with Gasteiger partial charge in [-0.05, 0) is 73.0 Å². The molecule has 1 aliphatic heterocycles. The molecule has 0 aliphatic carbocycles. The third-order valence-electron chi connectivity index (χ3n) is 9.68. The average Bonchev–Trinajstić information content (AvgIpc) is 3.70. The maximum absolute atomic E-state index is 7.50. The zero-order chi connectivity index (χ0) is 41.8. The van der Waals surface area contributed by atoms with Crippen LogP contribution in [0.3, 0.4) is 0 Å². The molecule has 0 atom stereocenters. The van der Waals surface area contributed by atoms with Crippen LogP contribution in [0.2, 0.25) is 0 Å². The second kappa shape index (κ2) is 24.9. The summed E-state index contributed by atoms with van der Waals surface area (Å²) in [4.78, 5) is 4.95. The van der Waals surface area contributed by atoms with Gasteiger partial charge < -0.3 is 9.62 Å². The van der Waals surface area contributed by atoms with E-state index in [1.165, 1.54) is 48.5 Å². The van der Waals surface area contributed by atoms with Gasteiger partial charge in [-0.1, -0.05) is 224 Å². The van der Waals surface area contributed by atoms with Crippen LogP contribution < -0.4 is 46.8 Å². The molecule has 0 N–H and O–H groups in total. The first kappa shape index (κ1) is 45.3. The smallest absolute Gasteiger partial charge is 0.0134 e. The van der Waals surface area contributed by atoms with E-state index < -0.39 is 23.8 Å². The minimum atomic E-state index is -0.540. The van der Waals surface area contributed by atoms with Crippen LogP contribution in [-0.2, 0) is 19.4 Å². The van der Waals surface area contributed by atoms with Gasteiger partial charge in [0.15, 0.2) is 0 Å². The molecule has 1 radical (unpaired) electrons. The molecule has 60 heavy (non-hydrogen) atoms. The molecule has 0 spiro atoms. The van der Waals surface area contributed by atoms with E-state index in [0.29, 0.717) is 0 Å². The molecular weight excluding hydrogens is 988 g/mol. The largest absolute Gasteiger partial charge is 0.0622 e. The van der Waals surface area contributed by atoms with E-state index in [0.717, 1.165) is 12.6 Å². The summed E-state index contributed by atoms with van der Waals surface area (Å²) in [5, 5.41) is 9.82. The second-order valence-electron chi connectivity index (χ2n) is 13.4. The van der Waals surface area contributed by atoms with Crippen molar-refractivity contribution in [3.63, 3.8) is 0 Å². The fourth-order valence-electron chi connectivity index (χ4n) is 7.01. The van der Waals surface area contributed by atoms with Gasteiger partial charge >= 0.3 is 53.4 Å². The SMILES string of the molecule is [B]1N(CP(c2ccccc2)c2ccccc2)c2ccccc2N1CP(c1ccccc1)c1ccccc1.[C-]#[O+].[Ru][I].c1ccc(P(c2ccccc2)c2ccccc2)cc1. The van der Waals surface area contributed by atoms with Gasteiger partial charge in [0.2, 0.25) is 0 Å². The Morgan fingerprint density at radius 1 is 0.350 bits per heavy atom. The van der Waals surface area contributed by atoms with Crippen LogP contribution in [-0.4, -0.2) is 20.1 Å². The van der Waals surface area contributed by atoms with E-state index in [2.05, 4.69) is 295 Å². The third kappa shape index (κ3) is 12.2. The summed E-state index contributed by atoms with van der Waals surface area (Å²) in [7, 11) is 0.828. The fraction of sp³-hybridized carbons (Fsp3) is 0.0392. The first-order valence-corrected chi connectivity index (χ1v) is 28.9. The zero-order valence-corrected chi connectivity index (χ0v) is 39.5. The number of para-hydroxylation sites is 2. The average molecular weight is 1030 g/mol. The molecule has 1 heterocycles. The van der Waals surface area contributed by atoms with E-state index in [1.807, 2.05) is 0 Å². The molecule has 0 fully saturated rings. The van der Waals surface area contributed by atoms with Crippen molar-refractivity contribution in [2.24, 2.45) is 0 Å². The van der Waals surface area contributed by atoms with Crippen LogP contribution in [0.4, 0.5) is 11.4 Å². The minimum Gasteiger partial charge on any atom is -0.0622 e. The maximum Gasteiger partial charge on any atom is -0.0134 e. The molecule has 296 valence electrons. The number of anilines is 2. The van der Waals surface area contributed by atoms with Crippen LogP contribution in [0.15, 0.2) is 237 Å². The molecule has 0 aromatic heterocycles. The minimum absolute atomic E-state index is 0.446. The number of halogens is 1. The predicted molar refractivity (Wildman–Crippen MR) is 268 cm³/mol. The van der Waals surface area contributed by atoms with E-state index in [4.69, 9.17) is 4.65 Å². The first-order valence-electron chi connectivity index (χ1n) is 19.3. The van der Waals surface area contributed by atoms with Crippen molar-refractivity contribution >= 4 is 99.6 Å². The molecule has 1 aliphatic rings. The first-order chi connectivity index (χ1) is 29.8. The van der Waals surface area contributed by atoms with E-state index in [9.17, 15) is 0 Å². The Morgan fingerprint density at radius 2 is 0.550 bits per heavy atom. The van der Waals surface area contributed by atoms with Crippen molar-refractivity contribution in [3.8, 4) is 0 Å². The normalized spacial score (nSPS) is 11.2. The monoisotopic (exact) mass is 1030 g/mol. The van der Waals surface area contributed by atoms with E-state index in [1.54, 1.807) is 0 Å². The third-order valence-corrected chi connectivity index (χ3v) is 17.0. The second-order valence-corrected chi connectivity index (χ2v) is 19.9. The number of hydrogen-bond acceptors (Lipinski definition) is 2. The molecular formula is C51H43BIN2OP3Ru. The molecule has 0 saturated carbocycles. The summed E-state index contributed by atoms with van der Waals surface area (Å²) < 4.78 is 7.50. The van der Waals surface area contributed by atoms with Crippen molar-refractivity contribution in [2.75, 3.05) is 22.2 Å². The maximum atomic E-state index is 7.50. The van der Waals surface area contributed by atoms with Gasteiger partial charge in [-0.2, -0.15) is 0 Å². The van der Waals surface area contributed by atoms with Gasteiger partial charge in [0.1, 0.15) is 0 Å². The predicted octanol–water partition coefficient (Wildman–Crippen LogP) is 10.3. The number of hydrogen-bond donors (Lipinski definition) is 0. The summed E-state index contributed by atoms with van der Waals surface area (Å²) in [6.45, 7) is 4.50. The van der Waals surface area contributed by atoms with Crippen LogP contribution >= 0.6 is 43.5 Å². The fourth-order valence-corrected chi connectivity index (χ4v) is 13.8. The van der Waals surface area contributed by atoms with Gasteiger partial charge in [-0.3, -0.25) is 0 Å². The van der Waals surface area contributed by atoms with E-state index >= 15 is 0 Å². The molecule has 0 amide bonds. The molecule has 0 unspecified atom stereocenters. The van der Waals surface area contributed by atoms with Gasteiger partial charge in [0.25, 0.3) is 0 Å². The molecule has 0 bridgehead atoms. The Labute approximate surface area is 381 Å². The summed E-state index contributed by atoms with van der Waals surface area (Å²) in [5.74, 6) is 0. The van der Waals surface area contributed by atoms with Crippen LogP contribution in [0.1, 0.15) is 0 Å². The molecule has 8 aromatic carbocycles. The number of benzene rings is 8. The summed E-state index contributed by atoms with van der Waals surface area (Å²) in [6.07, 6.45) is 1.90. The van der Waals surface area contributed by atoms with Crippen molar-refractivity contribution in [3.05, 3.63) is 243 Å². The van der Waals surface area contributed by atoms with Crippen molar-refractivity contribution in [1.82, 2.24) is 0 Å². The van der Waals surface area contributed by atoms with Gasteiger partial charge in [-0.25, -0.2) is 0 Å². The number of fused-ring (bicyclic) bond motifs is 1. The van der Waals surface area contributed by atoms with Gasteiger partial charge in [-0.15, -0.1) is 0 Å². The molecule has 9 rings (SSSR count). The Kier molecular flexibility index (Phi) is 18.8. The number of rotatable bonds is 11. The Bertz CT molecular complexity index is 2140. The Balaban J connectivity index is 0.000000220. The summed E-state index contributed by atoms with van der Waals surface area (Å²) in [6, 6.07) is 85.1. The van der Waals surface area contributed by atoms with Crippen LogP contribution in [0.5, 0.6) is 0 Å². The van der Waals surface area contributed by atoms with Crippen molar-refractivity contribution < 1.29 is 19.4 Å². The quantitative estimate of drug-likeness (QED) is 0.0424. The molecule has 3 nitrogen and oxygen atoms in total. The number of nitrogens with zero attached hydrogens (tertiary/aromatic N) is 2. The molecule has 9 heteroatoms. The summed E-state index contributed by atoms with van der Waals surface area (Å²) >= 11 is 4.40. The van der Waals surface area contributed by atoms with Crippen LogP contribution in [0.25, 0.3) is 0 Å². The topological polar surface area (TPSA) is 26.4 Å². The van der Waals surface area contributed by atoms with Crippen molar-refractivity contribution in [2.45, 2.75) is 0 Å². The van der Waals surface area contributed by atoms with Crippen molar-refractivity contribution in [1.29, 1.82) is 0 Å². The van der Waals surface area contributed by atoms with Gasteiger partial charge in [0, 0.05) is 23.9 Å². The van der Waals surface area contributed by atoms with Gasteiger partial charge in [0.05, 0.1) is 0 Å². The van der Waals surface area contributed by atoms with Crippen LogP contribution in [0, 0.1) is 6.65 Å².